The molecule has 1 aromatic rings. The molecule has 0 aromatic heterocycles. The van der Waals surface area contributed by atoms with Crippen LogP contribution in [0.15, 0.2) is 18.2 Å². The van der Waals surface area contributed by atoms with Crippen molar-refractivity contribution in [2.45, 2.75) is 13.8 Å². The molecule has 0 radical (unpaired) electrons. The van der Waals surface area contributed by atoms with Crippen LogP contribution in [0.3, 0.4) is 0 Å². The van der Waals surface area contributed by atoms with Crippen LogP contribution in [0.5, 0.6) is 0 Å². The minimum Gasteiger partial charge on any atom is -0.207 e. The molecule has 0 spiro atoms. The third kappa shape index (κ3) is 2.10. The van der Waals surface area contributed by atoms with Gasteiger partial charge in [-0.3, -0.25) is 0 Å². The third-order valence-corrected chi connectivity index (χ3v) is 1.33. The first-order chi connectivity index (χ1) is 4.20. The van der Waals surface area contributed by atoms with Gasteiger partial charge in [-0.25, -0.2) is 4.39 Å². The van der Waals surface area contributed by atoms with Crippen LogP contribution in [-0.2, 0) is 0 Å². The Kier molecular flexibility index (Phi) is 3.58. The number of rotatable bonds is 0. The van der Waals surface area contributed by atoms with Crippen LogP contribution in [0.2, 0.25) is 0 Å². The van der Waals surface area contributed by atoms with Gasteiger partial charge in [0.2, 0.25) is 0 Å². The molecule has 1 rings (SSSR count). The van der Waals surface area contributed by atoms with Crippen LogP contribution in [-0.4, -0.2) is 0 Å². The molecule has 0 saturated heterocycles. The molecule has 0 unspecified atom stereocenters. The van der Waals surface area contributed by atoms with Crippen LogP contribution >= 0.6 is 17.0 Å². The molecule has 0 amide bonds. The largest absolute Gasteiger partial charge is 0.207 e. The monoisotopic (exact) mass is 204 g/mol. The SMILES string of the molecule is Br.Cc1ccc(C)c(F)c1. The molecule has 56 valence electrons. The molecule has 0 atom stereocenters. The summed E-state index contributed by atoms with van der Waals surface area (Å²) in [7, 11) is 0. The average Bonchev–Trinajstić information content (AvgIpc) is 1.80. The first-order valence-corrected chi connectivity index (χ1v) is 2.93. The Morgan fingerprint density at radius 3 is 2.20 bits per heavy atom. The third-order valence-electron chi connectivity index (χ3n) is 1.33. The van der Waals surface area contributed by atoms with E-state index >= 15 is 0 Å². The first kappa shape index (κ1) is 9.63. The lowest BCUT2D eigenvalue weighted by Crippen LogP contribution is -1.81. The summed E-state index contributed by atoms with van der Waals surface area (Å²) >= 11 is 0. The van der Waals surface area contributed by atoms with Crippen molar-refractivity contribution in [1.29, 1.82) is 0 Å². The molecule has 0 aliphatic carbocycles. The standard InChI is InChI=1S/C8H9F.BrH/c1-6-3-4-7(2)8(9)5-6;/h3-5H,1-2H3;1H. The van der Waals surface area contributed by atoms with E-state index in [4.69, 9.17) is 0 Å². The summed E-state index contributed by atoms with van der Waals surface area (Å²) in [5, 5.41) is 0. The van der Waals surface area contributed by atoms with Gasteiger partial charge < -0.3 is 0 Å². The Balaban J connectivity index is 0.000000810. The lowest BCUT2D eigenvalue weighted by molar-refractivity contribution is 0.617. The highest BCUT2D eigenvalue weighted by molar-refractivity contribution is 8.93. The molecule has 10 heavy (non-hydrogen) atoms. The zero-order valence-electron chi connectivity index (χ0n) is 6.02. The summed E-state index contributed by atoms with van der Waals surface area (Å²) in [5.41, 5.74) is 1.68. The zero-order chi connectivity index (χ0) is 6.85. The van der Waals surface area contributed by atoms with Crippen molar-refractivity contribution in [3.8, 4) is 0 Å². The molecule has 1 aromatic carbocycles. The van der Waals surface area contributed by atoms with Crippen LogP contribution in [0.1, 0.15) is 11.1 Å². The second kappa shape index (κ2) is 3.71. The Labute approximate surface area is 70.8 Å². The highest BCUT2D eigenvalue weighted by atomic mass is 79.9. The van der Waals surface area contributed by atoms with E-state index in [0.717, 1.165) is 5.56 Å². The number of halogens is 2. The molecule has 0 aliphatic rings. The average molecular weight is 205 g/mol. The fraction of sp³-hybridized carbons (Fsp3) is 0.250. The van der Waals surface area contributed by atoms with Crippen LogP contribution in [0, 0.1) is 19.7 Å². The fourth-order valence-electron chi connectivity index (χ4n) is 0.698. The van der Waals surface area contributed by atoms with E-state index in [-0.39, 0.29) is 22.8 Å². The Hall–Kier alpha value is -0.370. The van der Waals surface area contributed by atoms with Crippen LogP contribution in [0.4, 0.5) is 4.39 Å². The highest BCUT2D eigenvalue weighted by Crippen LogP contribution is 2.06. The molecular weight excluding hydrogens is 195 g/mol. The van der Waals surface area contributed by atoms with Gasteiger partial charge in [0.25, 0.3) is 0 Å². The number of hydrogen-bond acceptors (Lipinski definition) is 0. The zero-order valence-corrected chi connectivity index (χ0v) is 7.73. The van der Waals surface area contributed by atoms with Crippen molar-refractivity contribution in [2.75, 3.05) is 0 Å². The summed E-state index contributed by atoms with van der Waals surface area (Å²) in [6.45, 7) is 3.64. The van der Waals surface area contributed by atoms with E-state index in [2.05, 4.69) is 0 Å². The molecule has 0 nitrogen and oxygen atoms in total. The van der Waals surface area contributed by atoms with Crippen molar-refractivity contribution in [1.82, 2.24) is 0 Å². The topological polar surface area (TPSA) is 0 Å². The maximum atomic E-state index is 12.6. The fourth-order valence-corrected chi connectivity index (χ4v) is 0.698. The Morgan fingerprint density at radius 1 is 1.20 bits per heavy atom. The predicted octanol–water partition coefficient (Wildman–Crippen LogP) is 3.02. The maximum absolute atomic E-state index is 12.6. The van der Waals surface area contributed by atoms with E-state index in [1.165, 1.54) is 6.07 Å². The smallest absolute Gasteiger partial charge is 0.126 e. The van der Waals surface area contributed by atoms with E-state index < -0.39 is 0 Å². The number of hydrogen-bond donors (Lipinski definition) is 0. The summed E-state index contributed by atoms with van der Waals surface area (Å²) in [6.07, 6.45) is 0. The molecule has 2 heteroatoms. The molecule has 0 heterocycles. The van der Waals surface area contributed by atoms with Crippen molar-refractivity contribution in [2.24, 2.45) is 0 Å². The second-order valence-electron chi connectivity index (χ2n) is 2.25. The quantitative estimate of drug-likeness (QED) is 0.610. The van der Waals surface area contributed by atoms with Gasteiger partial charge in [0.15, 0.2) is 0 Å². The van der Waals surface area contributed by atoms with Crippen LogP contribution in [0.25, 0.3) is 0 Å². The van der Waals surface area contributed by atoms with E-state index in [1.807, 2.05) is 13.0 Å². The van der Waals surface area contributed by atoms with E-state index in [9.17, 15) is 4.39 Å². The normalized spacial score (nSPS) is 8.70. The molecular formula is C8H10BrF. The van der Waals surface area contributed by atoms with E-state index in [1.54, 1.807) is 13.0 Å². The summed E-state index contributed by atoms with van der Waals surface area (Å²) < 4.78 is 12.6. The lowest BCUT2D eigenvalue weighted by atomic mass is 10.2. The van der Waals surface area contributed by atoms with Gasteiger partial charge in [0.05, 0.1) is 0 Å². The van der Waals surface area contributed by atoms with E-state index in [0.29, 0.717) is 5.56 Å². The molecule has 0 saturated carbocycles. The maximum Gasteiger partial charge on any atom is 0.126 e. The van der Waals surface area contributed by atoms with Crippen molar-refractivity contribution in [3.63, 3.8) is 0 Å². The predicted molar refractivity (Wildman–Crippen MR) is 46.2 cm³/mol. The minimum absolute atomic E-state index is 0. The lowest BCUT2D eigenvalue weighted by Gasteiger charge is -1.94. The van der Waals surface area contributed by atoms with Gasteiger partial charge in [0.1, 0.15) is 5.82 Å². The van der Waals surface area contributed by atoms with Gasteiger partial charge in [0, 0.05) is 0 Å². The highest BCUT2D eigenvalue weighted by Gasteiger charge is 1.93. The van der Waals surface area contributed by atoms with Crippen LogP contribution < -0.4 is 0 Å². The van der Waals surface area contributed by atoms with Gasteiger partial charge in [-0.15, -0.1) is 17.0 Å². The van der Waals surface area contributed by atoms with Crippen molar-refractivity contribution >= 4 is 17.0 Å². The number of benzene rings is 1. The Morgan fingerprint density at radius 2 is 1.80 bits per heavy atom. The number of aryl methyl sites for hydroxylation is 2. The van der Waals surface area contributed by atoms with Gasteiger partial charge in [-0.1, -0.05) is 12.1 Å². The summed E-state index contributed by atoms with van der Waals surface area (Å²) in [5.74, 6) is -0.116. The molecule has 0 aliphatic heterocycles. The first-order valence-electron chi connectivity index (χ1n) is 2.93. The van der Waals surface area contributed by atoms with Gasteiger partial charge >= 0.3 is 0 Å². The molecule has 0 N–H and O–H groups in total. The van der Waals surface area contributed by atoms with Gasteiger partial charge in [-0.2, -0.15) is 0 Å². The Bertz CT molecular complexity index is 220. The summed E-state index contributed by atoms with van der Waals surface area (Å²) in [4.78, 5) is 0. The second-order valence-corrected chi connectivity index (χ2v) is 2.25. The molecule has 0 bridgehead atoms. The molecule has 0 fully saturated rings. The van der Waals surface area contributed by atoms with Gasteiger partial charge in [-0.05, 0) is 31.0 Å². The van der Waals surface area contributed by atoms with Crippen molar-refractivity contribution in [3.05, 3.63) is 35.1 Å². The summed E-state index contributed by atoms with van der Waals surface area (Å²) in [6, 6.07) is 5.22. The van der Waals surface area contributed by atoms with Crippen molar-refractivity contribution < 1.29 is 4.39 Å². The minimum atomic E-state index is -0.116.